The number of benzene rings is 1. The molecule has 0 bridgehead atoms. The minimum Gasteiger partial charge on any atom is -0.382 e. The van der Waals surface area contributed by atoms with Gasteiger partial charge < -0.3 is 10.6 Å². The molecule has 1 amide bonds. The van der Waals surface area contributed by atoms with Crippen molar-refractivity contribution in [3.8, 4) is 0 Å². The summed E-state index contributed by atoms with van der Waals surface area (Å²) in [6.45, 7) is 4.35. The van der Waals surface area contributed by atoms with Gasteiger partial charge in [0, 0.05) is 24.3 Å². The highest BCUT2D eigenvalue weighted by molar-refractivity contribution is 5.94. The number of rotatable bonds is 5. The number of anilines is 1. The first-order valence-corrected chi connectivity index (χ1v) is 8.23. The maximum atomic E-state index is 11.6. The molecule has 21 heavy (non-hydrogen) atoms. The number of hydrogen-bond donors (Lipinski definition) is 2. The van der Waals surface area contributed by atoms with E-state index in [0.29, 0.717) is 6.04 Å². The second kappa shape index (κ2) is 7.48. The molecule has 2 N–H and O–H groups in total. The standard InChI is InChI=1S/C18H28N2O/c1-4-5-14-6-9-16(10-7-14)20-17-11-8-15(12-13(17)2)18(21)19-3/h8,11-12,14,16,20H,4-7,9-10H2,1-3H3,(H,19,21). The van der Waals surface area contributed by atoms with Gasteiger partial charge in [0.05, 0.1) is 0 Å². The summed E-state index contributed by atoms with van der Waals surface area (Å²) in [6.07, 6.45) is 7.92. The van der Waals surface area contributed by atoms with Crippen LogP contribution in [-0.4, -0.2) is 19.0 Å². The zero-order valence-electron chi connectivity index (χ0n) is 13.5. The fourth-order valence-corrected chi connectivity index (χ4v) is 3.33. The molecule has 1 aromatic rings. The van der Waals surface area contributed by atoms with Crippen LogP contribution in [0.2, 0.25) is 0 Å². The van der Waals surface area contributed by atoms with Crippen molar-refractivity contribution in [2.45, 2.75) is 58.4 Å². The average molecular weight is 288 g/mol. The number of carbonyl (C=O) groups excluding carboxylic acids is 1. The van der Waals surface area contributed by atoms with Gasteiger partial charge >= 0.3 is 0 Å². The molecule has 0 spiro atoms. The van der Waals surface area contributed by atoms with Crippen molar-refractivity contribution in [3.63, 3.8) is 0 Å². The third-order valence-corrected chi connectivity index (χ3v) is 4.62. The molecule has 1 aromatic carbocycles. The normalized spacial score (nSPS) is 21.9. The molecule has 0 heterocycles. The minimum atomic E-state index is -0.0234. The lowest BCUT2D eigenvalue weighted by atomic mass is 9.83. The maximum Gasteiger partial charge on any atom is 0.251 e. The van der Waals surface area contributed by atoms with Gasteiger partial charge in [0.25, 0.3) is 5.91 Å². The monoisotopic (exact) mass is 288 g/mol. The number of amides is 1. The summed E-state index contributed by atoms with van der Waals surface area (Å²) in [7, 11) is 1.67. The van der Waals surface area contributed by atoms with Gasteiger partial charge in [-0.3, -0.25) is 4.79 Å². The molecule has 0 aromatic heterocycles. The van der Waals surface area contributed by atoms with Crippen LogP contribution in [0.3, 0.4) is 0 Å². The summed E-state index contributed by atoms with van der Waals surface area (Å²) in [5.41, 5.74) is 3.04. The van der Waals surface area contributed by atoms with Gasteiger partial charge in [-0.2, -0.15) is 0 Å². The van der Waals surface area contributed by atoms with E-state index in [1.807, 2.05) is 18.2 Å². The van der Waals surface area contributed by atoms with Crippen molar-refractivity contribution in [2.75, 3.05) is 12.4 Å². The molecule has 0 atom stereocenters. The first kappa shape index (κ1) is 15.9. The second-order valence-corrected chi connectivity index (χ2v) is 6.26. The Balaban J connectivity index is 1.93. The van der Waals surface area contributed by atoms with Crippen molar-refractivity contribution in [1.29, 1.82) is 0 Å². The van der Waals surface area contributed by atoms with Gasteiger partial charge in [0.1, 0.15) is 0 Å². The predicted octanol–water partition coefficient (Wildman–Crippen LogP) is 4.13. The number of nitrogens with one attached hydrogen (secondary N) is 2. The Labute approximate surface area is 128 Å². The van der Waals surface area contributed by atoms with Gasteiger partial charge in [-0.05, 0) is 62.3 Å². The molecule has 0 saturated heterocycles. The Morgan fingerprint density at radius 2 is 1.95 bits per heavy atom. The lowest BCUT2D eigenvalue weighted by Gasteiger charge is -2.30. The number of aryl methyl sites for hydroxylation is 1. The smallest absolute Gasteiger partial charge is 0.251 e. The molecule has 3 nitrogen and oxygen atoms in total. The molecule has 1 aliphatic rings. The zero-order valence-corrected chi connectivity index (χ0v) is 13.5. The highest BCUT2D eigenvalue weighted by Crippen LogP contribution is 2.30. The summed E-state index contributed by atoms with van der Waals surface area (Å²) in [5.74, 6) is 0.912. The van der Waals surface area contributed by atoms with Crippen molar-refractivity contribution in [2.24, 2.45) is 5.92 Å². The second-order valence-electron chi connectivity index (χ2n) is 6.26. The number of carbonyl (C=O) groups is 1. The topological polar surface area (TPSA) is 41.1 Å². The third-order valence-electron chi connectivity index (χ3n) is 4.62. The summed E-state index contributed by atoms with van der Waals surface area (Å²) >= 11 is 0. The Kier molecular flexibility index (Phi) is 5.66. The van der Waals surface area contributed by atoms with Crippen LogP contribution < -0.4 is 10.6 Å². The number of hydrogen-bond acceptors (Lipinski definition) is 2. The third kappa shape index (κ3) is 4.23. The van der Waals surface area contributed by atoms with E-state index in [1.165, 1.54) is 44.2 Å². The van der Waals surface area contributed by atoms with E-state index in [4.69, 9.17) is 0 Å². The van der Waals surface area contributed by atoms with Crippen LogP contribution in [0, 0.1) is 12.8 Å². The van der Waals surface area contributed by atoms with Gasteiger partial charge in [-0.15, -0.1) is 0 Å². The molecular weight excluding hydrogens is 260 g/mol. The average Bonchev–Trinajstić information content (AvgIpc) is 2.50. The van der Waals surface area contributed by atoms with Gasteiger partial charge in [-0.1, -0.05) is 19.8 Å². The first-order chi connectivity index (χ1) is 10.1. The summed E-state index contributed by atoms with van der Waals surface area (Å²) in [6, 6.07) is 6.49. The van der Waals surface area contributed by atoms with Crippen LogP contribution in [0.4, 0.5) is 5.69 Å². The van der Waals surface area contributed by atoms with Crippen molar-refractivity contribution < 1.29 is 4.79 Å². The molecule has 1 aliphatic carbocycles. The molecule has 0 aliphatic heterocycles. The van der Waals surface area contributed by atoms with E-state index in [1.54, 1.807) is 7.05 Å². The van der Waals surface area contributed by atoms with Crippen LogP contribution in [0.25, 0.3) is 0 Å². The Hall–Kier alpha value is -1.51. The molecule has 116 valence electrons. The minimum absolute atomic E-state index is 0.0234. The Bertz CT molecular complexity index is 476. The predicted molar refractivity (Wildman–Crippen MR) is 88.8 cm³/mol. The molecule has 0 unspecified atom stereocenters. The molecular formula is C18H28N2O. The van der Waals surface area contributed by atoms with E-state index in [2.05, 4.69) is 24.5 Å². The van der Waals surface area contributed by atoms with Gasteiger partial charge in [-0.25, -0.2) is 0 Å². The Morgan fingerprint density at radius 3 is 2.52 bits per heavy atom. The van der Waals surface area contributed by atoms with Gasteiger partial charge in [0.2, 0.25) is 0 Å². The van der Waals surface area contributed by atoms with Crippen molar-refractivity contribution in [1.82, 2.24) is 5.32 Å². The molecule has 3 heteroatoms. The largest absolute Gasteiger partial charge is 0.382 e. The van der Waals surface area contributed by atoms with Crippen LogP contribution >= 0.6 is 0 Å². The lowest BCUT2D eigenvalue weighted by Crippen LogP contribution is -2.26. The van der Waals surface area contributed by atoms with Crippen LogP contribution in [-0.2, 0) is 0 Å². The van der Waals surface area contributed by atoms with E-state index < -0.39 is 0 Å². The van der Waals surface area contributed by atoms with Crippen LogP contribution in [0.15, 0.2) is 18.2 Å². The fraction of sp³-hybridized carbons (Fsp3) is 0.611. The van der Waals surface area contributed by atoms with Gasteiger partial charge in [0.15, 0.2) is 0 Å². The first-order valence-electron chi connectivity index (χ1n) is 8.23. The lowest BCUT2D eigenvalue weighted by molar-refractivity contribution is 0.0963. The molecule has 2 rings (SSSR count). The van der Waals surface area contributed by atoms with Crippen molar-refractivity contribution in [3.05, 3.63) is 29.3 Å². The van der Waals surface area contributed by atoms with E-state index >= 15 is 0 Å². The summed E-state index contributed by atoms with van der Waals surface area (Å²) in [4.78, 5) is 11.6. The molecule has 1 fully saturated rings. The highest BCUT2D eigenvalue weighted by Gasteiger charge is 2.20. The van der Waals surface area contributed by atoms with Crippen LogP contribution in [0.5, 0.6) is 0 Å². The highest BCUT2D eigenvalue weighted by atomic mass is 16.1. The van der Waals surface area contributed by atoms with Crippen LogP contribution in [0.1, 0.15) is 61.4 Å². The van der Waals surface area contributed by atoms with E-state index in [0.717, 1.165) is 17.0 Å². The van der Waals surface area contributed by atoms with Crippen molar-refractivity contribution >= 4 is 11.6 Å². The maximum absolute atomic E-state index is 11.6. The fourth-order valence-electron chi connectivity index (χ4n) is 3.33. The SMILES string of the molecule is CCCC1CCC(Nc2ccc(C(=O)NC)cc2C)CC1. The summed E-state index contributed by atoms with van der Waals surface area (Å²) < 4.78 is 0. The Morgan fingerprint density at radius 1 is 1.24 bits per heavy atom. The van der Waals surface area contributed by atoms with E-state index in [9.17, 15) is 4.79 Å². The summed E-state index contributed by atoms with van der Waals surface area (Å²) in [5, 5.41) is 6.33. The molecule has 0 radical (unpaired) electrons. The zero-order chi connectivity index (χ0) is 15.2. The van der Waals surface area contributed by atoms with E-state index in [-0.39, 0.29) is 5.91 Å². The quantitative estimate of drug-likeness (QED) is 0.855. The molecule has 1 saturated carbocycles.